The number of hydrogen-bond acceptors (Lipinski definition) is 6. The fourth-order valence-electron chi connectivity index (χ4n) is 4.08. The first kappa shape index (κ1) is 20.5. The number of imide groups is 2. The van der Waals surface area contributed by atoms with Gasteiger partial charge < -0.3 is 5.32 Å². The van der Waals surface area contributed by atoms with E-state index in [4.69, 9.17) is 0 Å². The Hall–Kier alpha value is -2.79. The van der Waals surface area contributed by atoms with Crippen molar-refractivity contribution in [3.8, 4) is 0 Å². The molecule has 4 rings (SSSR count). The van der Waals surface area contributed by atoms with Crippen molar-refractivity contribution in [1.82, 2.24) is 20.9 Å². The number of carbonyl (C=O) groups excluding carboxylic acids is 4. The summed E-state index contributed by atoms with van der Waals surface area (Å²) in [5.74, 6) is -2.54. The number of halogens is 3. The van der Waals surface area contributed by atoms with Gasteiger partial charge in [0.2, 0.25) is 11.8 Å². The summed E-state index contributed by atoms with van der Waals surface area (Å²) in [6.07, 6.45) is -4.51. The molecule has 11 heteroatoms. The van der Waals surface area contributed by atoms with Crippen LogP contribution in [0.5, 0.6) is 0 Å². The zero-order chi connectivity index (χ0) is 21.7. The van der Waals surface area contributed by atoms with Crippen LogP contribution >= 0.6 is 0 Å². The van der Waals surface area contributed by atoms with Gasteiger partial charge in [0, 0.05) is 19.5 Å². The van der Waals surface area contributed by atoms with Gasteiger partial charge in [-0.2, -0.15) is 13.2 Å². The Bertz CT molecular complexity index is 940. The Balaban J connectivity index is 1.54. The number of benzene rings is 1. The Morgan fingerprint density at radius 2 is 1.87 bits per heavy atom. The third kappa shape index (κ3) is 3.27. The van der Waals surface area contributed by atoms with Gasteiger partial charge in [-0.1, -0.05) is 6.07 Å². The number of piperidine rings is 1. The summed E-state index contributed by atoms with van der Waals surface area (Å²) in [5, 5.41) is 7.38. The molecule has 2 unspecified atom stereocenters. The highest BCUT2D eigenvalue weighted by Crippen LogP contribution is 2.35. The van der Waals surface area contributed by atoms with E-state index in [2.05, 4.69) is 16.0 Å². The second kappa shape index (κ2) is 7.17. The monoisotopic (exact) mass is 424 g/mol. The maximum Gasteiger partial charge on any atom is 0.407 e. The number of alkyl halides is 3. The Labute approximate surface area is 169 Å². The first-order valence-corrected chi connectivity index (χ1v) is 9.50. The van der Waals surface area contributed by atoms with Gasteiger partial charge in [-0.25, -0.2) is 0 Å². The van der Waals surface area contributed by atoms with Crippen molar-refractivity contribution in [3.63, 3.8) is 0 Å². The molecule has 8 nitrogen and oxygen atoms in total. The second-order valence-corrected chi connectivity index (χ2v) is 7.69. The zero-order valence-corrected chi connectivity index (χ0v) is 15.8. The summed E-state index contributed by atoms with van der Waals surface area (Å²) in [6, 6.07) is 3.15. The fraction of sp³-hybridized carbons (Fsp3) is 0.474. The van der Waals surface area contributed by atoms with Gasteiger partial charge in [-0.05, 0) is 37.1 Å². The lowest BCUT2D eigenvalue weighted by atomic mass is 9.97. The molecule has 2 atom stereocenters. The number of amides is 4. The normalized spacial score (nSPS) is 26.9. The number of carbonyl (C=O) groups is 4. The molecular weight excluding hydrogens is 405 g/mol. The molecule has 1 aromatic rings. The average Bonchev–Trinajstić information content (AvgIpc) is 3.26. The van der Waals surface area contributed by atoms with Crippen LogP contribution in [0.15, 0.2) is 18.2 Å². The number of rotatable bonds is 4. The van der Waals surface area contributed by atoms with Crippen molar-refractivity contribution in [2.45, 2.75) is 43.6 Å². The molecule has 2 saturated heterocycles. The van der Waals surface area contributed by atoms with Crippen LogP contribution in [0, 0.1) is 0 Å². The Morgan fingerprint density at radius 1 is 1.13 bits per heavy atom. The van der Waals surface area contributed by atoms with Crippen molar-refractivity contribution in [3.05, 3.63) is 34.9 Å². The van der Waals surface area contributed by atoms with Gasteiger partial charge in [-0.15, -0.1) is 0 Å². The lowest BCUT2D eigenvalue weighted by molar-refractivity contribution is -0.191. The minimum atomic E-state index is -4.44. The summed E-state index contributed by atoms with van der Waals surface area (Å²) < 4.78 is 40.5. The SMILES string of the molecule is O=C1CCC(N2C(=O)c3ccc(CNC4(C(F)(F)F)CCNC4)cc3C2=O)C(=O)N1. The van der Waals surface area contributed by atoms with Crippen LogP contribution in [0.2, 0.25) is 0 Å². The van der Waals surface area contributed by atoms with E-state index < -0.39 is 41.4 Å². The molecule has 30 heavy (non-hydrogen) atoms. The maximum absolute atomic E-state index is 13.5. The third-order valence-corrected chi connectivity index (χ3v) is 5.83. The molecule has 1 aromatic carbocycles. The van der Waals surface area contributed by atoms with Gasteiger partial charge in [0.15, 0.2) is 0 Å². The highest BCUT2D eigenvalue weighted by Gasteiger charge is 2.55. The van der Waals surface area contributed by atoms with Crippen molar-refractivity contribution >= 4 is 23.6 Å². The van der Waals surface area contributed by atoms with Gasteiger partial charge in [0.25, 0.3) is 11.8 Å². The van der Waals surface area contributed by atoms with E-state index in [1.54, 1.807) is 0 Å². The molecule has 3 aliphatic heterocycles. The van der Waals surface area contributed by atoms with Crippen molar-refractivity contribution in [2.24, 2.45) is 0 Å². The molecule has 160 valence electrons. The first-order valence-electron chi connectivity index (χ1n) is 9.50. The Morgan fingerprint density at radius 3 is 2.50 bits per heavy atom. The predicted molar refractivity (Wildman–Crippen MR) is 96.2 cm³/mol. The van der Waals surface area contributed by atoms with E-state index in [0.29, 0.717) is 5.56 Å². The largest absolute Gasteiger partial charge is 0.407 e. The predicted octanol–water partition coefficient (Wildman–Crippen LogP) is 0.472. The van der Waals surface area contributed by atoms with E-state index in [0.717, 1.165) is 4.90 Å². The van der Waals surface area contributed by atoms with Crippen LogP contribution in [-0.4, -0.2) is 59.4 Å². The smallest absolute Gasteiger partial charge is 0.314 e. The fourth-order valence-corrected chi connectivity index (χ4v) is 4.08. The van der Waals surface area contributed by atoms with Gasteiger partial charge >= 0.3 is 6.18 Å². The quantitative estimate of drug-likeness (QED) is 0.607. The summed E-state index contributed by atoms with van der Waals surface area (Å²) in [7, 11) is 0. The van der Waals surface area contributed by atoms with Gasteiger partial charge in [-0.3, -0.25) is 34.7 Å². The topological polar surface area (TPSA) is 108 Å². The van der Waals surface area contributed by atoms with Gasteiger partial charge in [0.05, 0.1) is 11.1 Å². The minimum absolute atomic E-state index is 0.00649. The molecule has 0 bridgehead atoms. The molecule has 3 N–H and O–H groups in total. The van der Waals surface area contributed by atoms with E-state index in [1.807, 2.05) is 0 Å². The highest BCUT2D eigenvalue weighted by atomic mass is 19.4. The van der Waals surface area contributed by atoms with Crippen LogP contribution in [0.4, 0.5) is 13.2 Å². The minimum Gasteiger partial charge on any atom is -0.314 e. The third-order valence-electron chi connectivity index (χ3n) is 5.83. The molecular formula is C19H19F3N4O4. The molecule has 0 spiro atoms. The molecule has 0 aliphatic carbocycles. The van der Waals surface area contributed by atoms with Crippen molar-refractivity contribution in [1.29, 1.82) is 0 Å². The molecule has 3 aliphatic rings. The maximum atomic E-state index is 13.5. The number of nitrogens with one attached hydrogen (secondary N) is 3. The first-order chi connectivity index (χ1) is 14.1. The molecule has 0 radical (unpaired) electrons. The summed E-state index contributed by atoms with van der Waals surface area (Å²) in [5.41, 5.74) is -1.52. The van der Waals surface area contributed by atoms with Crippen LogP contribution in [-0.2, 0) is 16.1 Å². The highest BCUT2D eigenvalue weighted by molar-refractivity contribution is 6.23. The average molecular weight is 424 g/mol. The van der Waals surface area contributed by atoms with E-state index in [1.165, 1.54) is 18.2 Å². The summed E-state index contributed by atoms with van der Waals surface area (Å²) in [6.45, 7) is -0.152. The molecule has 0 aromatic heterocycles. The van der Waals surface area contributed by atoms with E-state index in [-0.39, 0.29) is 50.0 Å². The van der Waals surface area contributed by atoms with E-state index >= 15 is 0 Å². The standard InChI is InChI=1S/C19H19F3N4O4/c20-19(21,22)18(5-6-23-9-18)24-8-10-1-2-11-12(7-10)17(30)26(16(11)29)13-3-4-14(27)25-15(13)28/h1-2,7,13,23-24H,3-6,8-9H2,(H,25,27,28). The zero-order valence-electron chi connectivity index (χ0n) is 15.8. The van der Waals surface area contributed by atoms with Crippen LogP contribution in [0.3, 0.4) is 0 Å². The molecule has 2 fully saturated rings. The summed E-state index contributed by atoms with van der Waals surface area (Å²) >= 11 is 0. The van der Waals surface area contributed by atoms with E-state index in [9.17, 15) is 32.3 Å². The number of fused-ring (bicyclic) bond motifs is 1. The Kier molecular flexibility index (Phi) is 4.89. The lowest BCUT2D eigenvalue weighted by Gasteiger charge is -2.32. The van der Waals surface area contributed by atoms with Crippen molar-refractivity contribution < 1.29 is 32.3 Å². The van der Waals surface area contributed by atoms with Crippen LogP contribution < -0.4 is 16.0 Å². The van der Waals surface area contributed by atoms with Crippen LogP contribution in [0.25, 0.3) is 0 Å². The lowest BCUT2D eigenvalue weighted by Crippen LogP contribution is -2.57. The van der Waals surface area contributed by atoms with Gasteiger partial charge in [0.1, 0.15) is 11.6 Å². The number of hydrogen-bond donors (Lipinski definition) is 3. The molecule has 3 heterocycles. The molecule has 4 amide bonds. The van der Waals surface area contributed by atoms with Crippen molar-refractivity contribution in [2.75, 3.05) is 13.1 Å². The number of nitrogens with zero attached hydrogens (tertiary/aromatic N) is 1. The summed E-state index contributed by atoms with van der Waals surface area (Å²) in [4.78, 5) is 49.7. The molecule has 0 saturated carbocycles. The second-order valence-electron chi connectivity index (χ2n) is 7.69. The van der Waals surface area contributed by atoms with Crippen LogP contribution in [0.1, 0.15) is 45.5 Å².